The molecule has 0 bridgehead atoms. The zero-order chi connectivity index (χ0) is 15.8. The van der Waals surface area contributed by atoms with E-state index in [1.54, 1.807) is 11.8 Å². The van der Waals surface area contributed by atoms with Crippen molar-refractivity contribution in [3.05, 3.63) is 11.4 Å². The summed E-state index contributed by atoms with van der Waals surface area (Å²) in [5, 5.41) is 11.8. The zero-order valence-electron chi connectivity index (χ0n) is 12.6. The van der Waals surface area contributed by atoms with E-state index in [1.165, 1.54) is 0 Å². The monoisotopic (exact) mass is 314 g/mol. The molecule has 3 N–H and O–H groups in total. The van der Waals surface area contributed by atoms with E-state index in [4.69, 9.17) is 5.14 Å². The Kier molecular flexibility index (Phi) is 4.38. The molecule has 118 valence electrons. The van der Waals surface area contributed by atoms with Gasteiger partial charge in [-0.05, 0) is 32.1 Å². The van der Waals surface area contributed by atoms with E-state index in [0.29, 0.717) is 24.6 Å². The number of primary sulfonamides is 1. The number of sulfonamides is 1. The summed E-state index contributed by atoms with van der Waals surface area (Å²) in [6, 6.07) is 0.0661. The number of carbonyl (C=O) groups is 1. The van der Waals surface area contributed by atoms with Crippen LogP contribution in [0.5, 0.6) is 0 Å². The van der Waals surface area contributed by atoms with Crippen LogP contribution in [0, 0.1) is 5.92 Å². The van der Waals surface area contributed by atoms with Crippen molar-refractivity contribution < 1.29 is 13.2 Å². The average Bonchev–Trinajstić information content (AvgIpc) is 2.81. The van der Waals surface area contributed by atoms with Gasteiger partial charge in [-0.1, -0.05) is 13.8 Å². The highest BCUT2D eigenvalue weighted by Gasteiger charge is 2.33. The molecule has 1 aliphatic rings. The number of aryl methyl sites for hydroxylation is 1. The fourth-order valence-corrected chi connectivity index (χ4v) is 3.84. The zero-order valence-corrected chi connectivity index (χ0v) is 13.4. The molecule has 1 aromatic heterocycles. The predicted molar refractivity (Wildman–Crippen MR) is 78.2 cm³/mol. The molecule has 0 aromatic carbocycles. The van der Waals surface area contributed by atoms with Crippen LogP contribution in [0.1, 0.15) is 49.8 Å². The molecule has 8 heteroatoms. The summed E-state index contributed by atoms with van der Waals surface area (Å²) in [5.41, 5.74) is 0.287. The average molecular weight is 314 g/mol. The molecule has 0 aliphatic carbocycles. The third kappa shape index (κ3) is 3.11. The van der Waals surface area contributed by atoms with Crippen molar-refractivity contribution in [3.63, 3.8) is 0 Å². The number of amides is 1. The molecule has 1 aromatic rings. The summed E-state index contributed by atoms with van der Waals surface area (Å²) < 4.78 is 23.5. The number of hydrogen-bond acceptors (Lipinski definition) is 4. The van der Waals surface area contributed by atoms with Crippen LogP contribution in [0.3, 0.4) is 0 Å². The van der Waals surface area contributed by atoms with Crippen LogP contribution in [0.2, 0.25) is 0 Å². The number of nitrogens with two attached hydrogens (primary N) is 1. The molecule has 0 spiro atoms. The van der Waals surface area contributed by atoms with Crippen molar-refractivity contribution >= 4 is 15.9 Å². The van der Waals surface area contributed by atoms with Gasteiger partial charge in [0.15, 0.2) is 5.69 Å². The molecule has 1 fully saturated rings. The number of nitrogens with one attached hydrogen (secondary N) is 1. The SMILES string of the molecule is CCc1[nH]nc(C(=O)N2CCC(C)CC2C)c1S(N)(=O)=O. The predicted octanol–water partition coefficient (Wildman–Crippen LogP) is 0.880. The first-order chi connectivity index (χ1) is 9.75. The van der Waals surface area contributed by atoms with Crippen molar-refractivity contribution in [3.8, 4) is 0 Å². The van der Waals surface area contributed by atoms with Crippen LogP contribution in [-0.2, 0) is 16.4 Å². The van der Waals surface area contributed by atoms with Crippen LogP contribution >= 0.6 is 0 Å². The molecule has 21 heavy (non-hydrogen) atoms. The maximum Gasteiger partial charge on any atom is 0.276 e. The molecule has 0 radical (unpaired) electrons. The van der Waals surface area contributed by atoms with E-state index in [1.807, 2.05) is 6.92 Å². The fourth-order valence-electron chi connectivity index (χ4n) is 2.90. The van der Waals surface area contributed by atoms with Gasteiger partial charge in [-0.3, -0.25) is 9.89 Å². The summed E-state index contributed by atoms with van der Waals surface area (Å²) in [4.78, 5) is 14.2. The fraction of sp³-hybridized carbons (Fsp3) is 0.692. The molecule has 2 unspecified atom stereocenters. The number of aromatic nitrogens is 2. The normalized spacial score (nSPS) is 23.3. The van der Waals surface area contributed by atoms with Gasteiger partial charge in [-0.15, -0.1) is 0 Å². The summed E-state index contributed by atoms with van der Waals surface area (Å²) in [5.74, 6) is 0.196. The summed E-state index contributed by atoms with van der Waals surface area (Å²) in [6.07, 6.45) is 2.23. The number of nitrogens with zero attached hydrogens (tertiary/aromatic N) is 2. The molecule has 0 saturated carbocycles. The molecular formula is C13H22N4O3S. The largest absolute Gasteiger partial charge is 0.334 e. The van der Waals surface area contributed by atoms with Gasteiger partial charge >= 0.3 is 0 Å². The highest BCUT2D eigenvalue weighted by atomic mass is 32.2. The molecule has 2 heterocycles. The Balaban J connectivity index is 2.38. The quantitative estimate of drug-likeness (QED) is 0.863. The van der Waals surface area contributed by atoms with Crippen LogP contribution in [0.4, 0.5) is 0 Å². The Hall–Kier alpha value is -1.41. The van der Waals surface area contributed by atoms with E-state index in [-0.39, 0.29) is 22.5 Å². The molecule has 1 amide bonds. The van der Waals surface area contributed by atoms with Gasteiger partial charge in [0.25, 0.3) is 5.91 Å². The standard InChI is InChI=1S/C13H22N4O3S/c1-4-10-12(21(14,19)20)11(16-15-10)13(18)17-6-5-8(2)7-9(17)3/h8-9H,4-7H2,1-3H3,(H,15,16)(H2,14,19,20). The van der Waals surface area contributed by atoms with Crippen LogP contribution in [-0.4, -0.2) is 42.0 Å². The molecule has 2 atom stereocenters. The second-order valence-corrected chi connectivity index (χ2v) is 7.25. The lowest BCUT2D eigenvalue weighted by atomic mass is 9.93. The lowest BCUT2D eigenvalue weighted by Crippen LogP contribution is -2.44. The number of likely N-dealkylation sites (tertiary alicyclic amines) is 1. The molecule has 1 aliphatic heterocycles. The highest BCUT2D eigenvalue weighted by molar-refractivity contribution is 7.89. The Labute approximate surface area is 124 Å². The number of hydrogen-bond donors (Lipinski definition) is 2. The third-order valence-electron chi connectivity index (χ3n) is 4.03. The number of H-pyrrole nitrogens is 1. The maximum atomic E-state index is 12.6. The van der Waals surface area contributed by atoms with E-state index >= 15 is 0 Å². The van der Waals surface area contributed by atoms with E-state index in [2.05, 4.69) is 17.1 Å². The highest BCUT2D eigenvalue weighted by Crippen LogP contribution is 2.26. The lowest BCUT2D eigenvalue weighted by molar-refractivity contribution is 0.0578. The molecule has 1 saturated heterocycles. The van der Waals surface area contributed by atoms with Gasteiger partial charge in [0.05, 0.1) is 5.69 Å². The topological polar surface area (TPSA) is 109 Å². The minimum Gasteiger partial charge on any atom is -0.334 e. The van der Waals surface area contributed by atoms with E-state index in [0.717, 1.165) is 12.8 Å². The maximum absolute atomic E-state index is 12.6. The Morgan fingerprint density at radius 2 is 2.14 bits per heavy atom. The summed E-state index contributed by atoms with van der Waals surface area (Å²) in [7, 11) is -3.99. The van der Waals surface area contributed by atoms with Crippen molar-refractivity contribution in [1.82, 2.24) is 15.1 Å². The van der Waals surface area contributed by atoms with Gasteiger partial charge in [0.1, 0.15) is 4.90 Å². The van der Waals surface area contributed by atoms with Gasteiger partial charge in [0.2, 0.25) is 10.0 Å². The molecule has 7 nitrogen and oxygen atoms in total. The van der Waals surface area contributed by atoms with Crippen molar-refractivity contribution in [2.24, 2.45) is 11.1 Å². The number of piperidine rings is 1. The van der Waals surface area contributed by atoms with Crippen LogP contribution in [0.15, 0.2) is 4.90 Å². The van der Waals surface area contributed by atoms with Crippen molar-refractivity contribution in [2.45, 2.75) is 51.0 Å². The van der Waals surface area contributed by atoms with Crippen molar-refractivity contribution in [2.75, 3.05) is 6.54 Å². The minimum atomic E-state index is -3.99. The smallest absolute Gasteiger partial charge is 0.276 e. The Bertz CT molecular complexity index is 638. The minimum absolute atomic E-state index is 0.0661. The number of aromatic amines is 1. The molecular weight excluding hydrogens is 292 g/mol. The second kappa shape index (κ2) is 5.76. The van der Waals surface area contributed by atoms with Crippen LogP contribution < -0.4 is 5.14 Å². The van der Waals surface area contributed by atoms with Crippen LogP contribution in [0.25, 0.3) is 0 Å². The number of rotatable bonds is 3. The summed E-state index contributed by atoms with van der Waals surface area (Å²) in [6.45, 7) is 6.51. The van der Waals surface area contributed by atoms with Gasteiger partial charge in [0, 0.05) is 12.6 Å². The van der Waals surface area contributed by atoms with Crippen molar-refractivity contribution in [1.29, 1.82) is 0 Å². The Morgan fingerprint density at radius 1 is 1.48 bits per heavy atom. The van der Waals surface area contributed by atoms with Gasteiger partial charge in [-0.2, -0.15) is 5.10 Å². The summed E-state index contributed by atoms with van der Waals surface area (Å²) >= 11 is 0. The van der Waals surface area contributed by atoms with E-state index in [9.17, 15) is 13.2 Å². The third-order valence-corrected chi connectivity index (χ3v) is 5.04. The Morgan fingerprint density at radius 3 is 2.67 bits per heavy atom. The first-order valence-corrected chi connectivity index (χ1v) is 8.71. The number of carbonyl (C=O) groups excluding carboxylic acids is 1. The first kappa shape index (κ1) is 16.0. The van der Waals surface area contributed by atoms with Gasteiger partial charge in [-0.25, -0.2) is 13.6 Å². The van der Waals surface area contributed by atoms with E-state index < -0.39 is 10.0 Å². The second-order valence-electron chi connectivity index (χ2n) is 5.76. The molecule has 2 rings (SSSR count). The first-order valence-electron chi connectivity index (χ1n) is 7.16. The lowest BCUT2D eigenvalue weighted by Gasteiger charge is -2.36. The van der Waals surface area contributed by atoms with Gasteiger partial charge < -0.3 is 4.90 Å².